The van der Waals surface area contributed by atoms with E-state index in [4.69, 9.17) is 4.74 Å². The molecule has 1 atom stereocenters. The Balaban J connectivity index is 1.98. The van der Waals surface area contributed by atoms with Crippen LogP contribution >= 0.6 is 0 Å². The highest BCUT2D eigenvalue weighted by Gasteiger charge is 2.23. The molecule has 0 radical (unpaired) electrons. The van der Waals surface area contributed by atoms with Gasteiger partial charge in [0.05, 0.1) is 12.3 Å². The minimum Gasteiger partial charge on any atom is -0.368 e. The summed E-state index contributed by atoms with van der Waals surface area (Å²) in [7, 11) is 0. The largest absolute Gasteiger partial charge is 0.368 e. The first-order valence-electron chi connectivity index (χ1n) is 7.58. The van der Waals surface area contributed by atoms with E-state index < -0.39 is 0 Å². The molecular formula is C15H26N4O. The average molecular weight is 278 g/mol. The van der Waals surface area contributed by atoms with E-state index in [1.165, 1.54) is 6.42 Å². The van der Waals surface area contributed by atoms with Crippen LogP contribution in [0.5, 0.6) is 0 Å². The van der Waals surface area contributed by atoms with Gasteiger partial charge >= 0.3 is 0 Å². The molecule has 1 aromatic rings. The molecule has 2 heterocycles. The van der Waals surface area contributed by atoms with Crippen LogP contribution in [0, 0.1) is 0 Å². The van der Waals surface area contributed by atoms with Gasteiger partial charge in [-0.15, -0.1) is 0 Å². The van der Waals surface area contributed by atoms with E-state index in [1.54, 1.807) is 0 Å². The van der Waals surface area contributed by atoms with Crippen LogP contribution in [0.25, 0.3) is 0 Å². The predicted molar refractivity (Wildman–Crippen MR) is 79.4 cm³/mol. The van der Waals surface area contributed by atoms with Crippen molar-refractivity contribution in [1.29, 1.82) is 0 Å². The lowest BCUT2D eigenvalue weighted by Gasteiger charge is -2.31. The highest BCUT2D eigenvalue weighted by atomic mass is 16.5. The summed E-state index contributed by atoms with van der Waals surface area (Å²) in [5, 5.41) is 3.38. The molecule has 0 spiro atoms. The second-order valence-corrected chi connectivity index (χ2v) is 5.60. The maximum Gasteiger partial charge on any atom is 0.158 e. The van der Waals surface area contributed by atoms with E-state index in [1.807, 2.05) is 12.3 Å². The lowest BCUT2D eigenvalue weighted by molar-refractivity contribution is -0.0343. The minimum absolute atomic E-state index is 0.00861. The third kappa shape index (κ3) is 4.51. The first kappa shape index (κ1) is 15.4. The second kappa shape index (κ2) is 7.67. The summed E-state index contributed by atoms with van der Waals surface area (Å²) >= 11 is 0. The number of aromatic nitrogens is 2. The van der Waals surface area contributed by atoms with Gasteiger partial charge < -0.3 is 10.1 Å². The van der Waals surface area contributed by atoms with Gasteiger partial charge in [-0.05, 0) is 19.0 Å². The van der Waals surface area contributed by atoms with Gasteiger partial charge in [0.15, 0.2) is 5.82 Å². The van der Waals surface area contributed by atoms with Gasteiger partial charge in [-0.25, -0.2) is 9.97 Å². The highest BCUT2D eigenvalue weighted by molar-refractivity contribution is 5.05. The Labute approximate surface area is 121 Å². The molecule has 1 saturated heterocycles. The van der Waals surface area contributed by atoms with Crippen LogP contribution in [0.2, 0.25) is 0 Å². The summed E-state index contributed by atoms with van der Waals surface area (Å²) in [6.45, 7) is 11.0. The van der Waals surface area contributed by atoms with Crippen molar-refractivity contribution in [1.82, 2.24) is 20.2 Å². The van der Waals surface area contributed by atoms with Crippen molar-refractivity contribution < 1.29 is 4.74 Å². The summed E-state index contributed by atoms with van der Waals surface area (Å²) in [5.41, 5.74) is 1.03. The number of morpholine rings is 1. The lowest BCUT2D eigenvalue weighted by Crippen LogP contribution is -2.39. The van der Waals surface area contributed by atoms with E-state index >= 15 is 0 Å². The fourth-order valence-electron chi connectivity index (χ4n) is 2.35. The van der Waals surface area contributed by atoms with Crippen molar-refractivity contribution in [2.24, 2.45) is 0 Å². The topological polar surface area (TPSA) is 50.3 Å². The zero-order valence-electron chi connectivity index (χ0n) is 12.8. The zero-order valence-corrected chi connectivity index (χ0v) is 12.8. The van der Waals surface area contributed by atoms with Crippen molar-refractivity contribution in [2.75, 3.05) is 26.2 Å². The number of nitrogens with one attached hydrogen (secondary N) is 1. The molecule has 0 aromatic carbocycles. The van der Waals surface area contributed by atoms with Crippen molar-refractivity contribution >= 4 is 0 Å². The molecule has 0 aliphatic carbocycles. The molecule has 1 N–H and O–H groups in total. The molecule has 2 rings (SSSR count). The minimum atomic E-state index is 0.00861. The van der Waals surface area contributed by atoms with Gasteiger partial charge in [-0.1, -0.05) is 20.8 Å². The van der Waals surface area contributed by atoms with Gasteiger partial charge in [0.2, 0.25) is 0 Å². The fraction of sp³-hybridized carbons (Fsp3) is 0.733. The van der Waals surface area contributed by atoms with E-state index in [-0.39, 0.29) is 6.10 Å². The van der Waals surface area contributed by atoms with E-state index in [0.29, 0.717) is 6.04 Å². The zero-order chi connectivity index (χ0) is 14.4. The van der Waals surface area contributed by atoms with E-state index in [2.05, 4.69) is 41.0 Å². The Kier molecular flexibility index (Phi) is 5.88. The molecule has 1 aromatic heterocycles. The smallest absolute Gasteiger partial charge is 0.158 e. The second-order valence-electron chi connectivity index (χ2n) is 5.60. The number of rotatable bonds is 6. The molecule has 1 aliphatic rings. The van der Waals surface area contributed by atoms with Crippen LogP contribution in [0.3, 0.4) is 0 Å². The summed E-state index contributed by atoms with van der Waals surface area (Å²) < 4.78 is 5.83. The maximum atomic E-state index is 5.83. The Bertz CT molecular complexity index is 409. The monoisotopic (exact) mass is 278 g/mol. The molecule has 0 saturated carbocycles. The molecule has 5 nitrogen and oxygen atoms in total. The normalized spacial score (nSPS) is 20.5. The van der Waals surface area contributed by atoms with Crippen LogP contribution in [0.1, 0.15) is 44.8 Å². The molecule has 1 aliphatic heterocycles. The maximum absolute atomic E-state index is 5.83. The Morgan fingerprint density at radius 1 is 1.50 bits per heavy atom. The summed E-state index contributed by atoms with van der Waals surface area (Å²) in [4.78, 5) is 11.5. The van der Waals surface area contributed by atoms with Gasteiger partial charge in [0.1, 0.15) is 6.10 Å². The summed E-state index contributed by atoms with van der Waals surface area (Å²) in [6.07, 6.45) is 3.02. The van der Waals surface area contributed by atoms with Crippen molar-refractivity contribution in [3.63, 3.8) is 0 Å². The van der Waals surface area contributed by atoms with Gasteiger partial charge in [-0.2, -0.15) is 0 Å². The Hall–Kier alpha value is -1.04. The molecule has 5 heteroatoms. The predicted octanol–water partition coefficient (Wildman–Crippen LogP) is 1.76. The van der Waals surface area contributed by atoms with Gasteiger partial charge in [-0.3, -0.25) is 4.90 Å². The van der Waals surface area contributed by atoms with Gasteiger partial charge in [0, 0.05) is 31.9 Å². The number of hydrogen-bond acceptors (Lipinski definition) is 5. The summed E-state index contributed by atoms with van der Waals surface area (Å²) in [5.74, 6) is 0.814. The number of nitrogens with zero attached hydrogens (tertiary/aromatic N) is 3. The molecule has 1 unspecified atom stereocenters. The first-order chi connectivity index (χ1) is 9.69. The quantitative estimate of drug-likeness (QED) is 0.859. The standard InChI is InChI=1S/C15H26N4O/c1-4-7-19-8-9-20-14(11-19)15-16-6-5-13(18-15)10-17-12(2)3/h5-6,12,14,17H,4,7-11H2,1-3H3. The van der Waals surface area contributed by atoms with Crippen LogP contribution in [-0.4, -0.2) is 47.2 Å². The average Bonchev–Trinajstić information content (AvgIpc) is 2.46. The van der Waals surface area contributed by atoms with E-state index in [9.17, 15) is 0 Å². The number of hydrogen-bond donors (Lipinski definition) is 1. The van der Waals surface area contributed by atoms with E-state index in [0.717, 1.165) is 44.3 Å². The molecule has 0 bridgehead atoms. The first-order valence-corrected chi connectivity index (χ1v) is 7.58. The summed E-state index contributed by atoms with van der Waals surface area (Å²) in [6, 6.07) is 2.42. The number of ether oxygens (including phenoxy) is 1. The van der Waals surface area contributed by atoms with Crippen molar-refractivity contribution in [3.8, 4) is 0 Å². The molecule has 112 valence electrons. The molecule has 20 heavy (non-hydrogen) atoms. The molecular weight excluding hydrogens is 252 g/mol. The SMILES string of the molecule is CCCN1CCOC(c2nccc(CNC(C)C)n2)C1. The Morgan fingerprint density at radius 2 is 2.35 bits per heavy atom. The van der Waals surface area contributed by atoms with Crippen LogP contribution < -0.4 is 5.32 Å². The molecule has 0 amide bonds. The Morgan fingerprint density at radius 3 is 3.10 bits per heavy atom. The highest BCUT2D eigenvalue weighted by Crippen LogP contribution is 2.19. The van der Waals surface area contributed by atoms with Crippen molar-refractivity contribution in [3.05, 3.63) is 23.8 Å². The lowest BCUT2D eigenvalue weighted by atomic mass is 10.2. The fourth-order valence-corrected chi connectivity index (χ4v) is 2.35. The third-order valence-corrected chi connectivity index (χ3v) is 3.40. The van der Waals surface area contributed by atoms with Crippen molar-refractivity contribution in [2.45, 2.75) is 45.9 Å². The molecule has 1 fully saturated rings. The van der Waals surface area contributed by atoms with Gasteiger partial charge in [0.25, 0.3) is 0 Å². The third-order valence-electron chi connectivity index (χ3n) is 3.40. The van der Waals surface area contributed by atoms with Crippen LogP contribution in [-0.2, 0) is 11.3 Å². The van der Waals surface area contributed by atoms with Crippen LogP contribution in [0.15, 0.2) is 12.3 Å². The van der Waals surface area contributed by atoms with Crippen LogP contribution in [0.4, 0.5) is 0 Å².